The van der Waals surface area contributed by atoms with Crippen molar-refractivity contribution >= 4 is 23.2 Å². The number of carbonyl (C=O) groups is 2. The van der Waals surface area contributed by atoms with Gasteiger partial charge in [0.2, 0.25) is 11.8 Å². The van der Waals surface area contributed by atoms with E-state index in [0.717, 1.165) is 26.4 Å². The topological polar surface area (TPSA) is 76.7 Å². The van der Waals surface area contributed by atoms with Gasteiger partial charge in [0.25, 0.3) is 0 Å². The molecule has 9 heteroatoms. The van der Waals surface area contributed by atoms with Crippen LogP contribution in [0.25, 0.3) is 0 Å². The predicted molar refractivity (Wildman–Crippen MR) is 115 cm³/mol. The molecule has 174 valence electrons. The van der Waals surface area contributed by atoms with Crippen LogP contribution < -0.4 is 35.4 Å². The fourth-order valence-electron chi connectivity index (χ4n) is 2.62. The van der Waals surface area contributed by atoms with Crippen LogP contribution in [0.5, 0.6) is 0 Å². The Morgan fingerprint density at radius 2 is 0.938 bits per heavy atom. The maximum Gasteiger partial charge on any atom is 2.00 e. The second kappa shape index (κ2) is 21.6. The monoisotopic (exact) mass is 558 g/mol. The van der Waals surface area contributed by atoms with Crippen molar-refractivity contribution in [3.63, 3.8) is 0 Å². The summed E-state index contributed by atoms with van der Waals surface area (Å²) in [5, 5.41) is 5.32. The Balaban J connectivity index is 0. The van der Waals surface area contributed by atoms with Gasteiger partial charge in [-0.15, -0.1) is 0 Å². The minimum atomic E-state index is -0.334. The van der Waals surface area contributed by atoms with E-state index in [4.69, 9.17) is 9.47 Å². The van der Waals surface area contributed by atoms with E-state index in [9.17, 15) is 9.59 Å². The van der Waals surface area contributed by atoms with Crippen molar-refractivity contribution < 1.29 is 70.1 Å². The summed E-state index contributed by atoms with van der Waals surface area (Å²) in [6.45, 7) is 4.00. The van der Waals surface area contributed by atoms with E-state index in [-0.39, 0.29) is 69.3 Å². The van der Waals surface area contributed by atoms with E-state index < -0.39 is 0 Å². The zero-order chi connectivity index (χ0) is 20.6. The van der Waals surface area contributed by atoms with E-state index in [1.807, 2.05) is 36.4 Å². The standard InChI is InChI=1S/C15H14N2O2.2C4H8O.2ClH.Zr/c18-14(16-12-7-3-1-4-8-12)11-15(19)17-13-9-5-2-6-10-13;2*1-2-4-5-3-1;;;/h1-10H,11H2,(H,16,18)(H,17,19);2*1-4H2;2*1H;/q;;;;;+2/p-2. The van der Waals surface area contributed by atoms with E-state index >= 15 is 0 Å². The number of hydrogen-bond acceptors (Lipinski definition) is 4. The molecule has 2 N–H and O–H groups in total. The third-order valence-corrected chi connectivity index (χ3v) is 4.09. The molecule has 2 aromatic rings. The molecule has 0 unspecified atom stereocenters. The van der Waals surface area contributed by atoms with Gasteiger partial charge < -0.3 is 44.9 Å². The van der Waals surface area contributed by atoms with Gasteiger partial charge in [0.15, 0.2) is 0 Å². The Morgan fingerprint density at radius 3 is 1.19 bits per heavy atom. The first-order chi connectivity index (χ1) is 14.2. The molecule has 0 aliphatic carbocycles. The molecule has 6 nitrogen and oxygen atoms in total. The number of halogens is 2. The average molecular weight is 561 g/mol. The van der Waals surface area contributed by atoms with Gasteiger partial charge in [-0.2, -0.15) is 0 Å². The van der Waals surface area contributed by atoms with Crippen LogP contribution in [0.3, 0.4) is 0 Å². The number of amides is 2. The van der Waals surface area contributed by atoms with Crippen LogP contribution in [0.1, 0.15) is 32.1 Å². The van der Waals surface area contributed by atoms with Crippen LogP contribution in [-0.2, 0) is 45.3 Å². The van der Waals surface area contributed by atoms with E-state index in [2.05, 4.69) is 10.6 Å². The van der Waals surface area contributed by atoms with Crippen LogP contribution in [0.15, 0.2) is 60.7 Å². The minimum Gasteiger partial charge on any atom is -1.00 e. The SMILES string of the molecule is C1CCOC1.C1CCOC1.O=C(CC(=O)Nc1ccccc1)Nc1ccccc1.[Cl-].[Cl-].[Zr+2]. The fraction of sp³-hybridized carbons (Fsp3) is 0.391. The molecule has 0 saturated carbocycles. The Morgan fingerprint density at radius 1 is 0.625 bits per heavy atom. The maximum atomic E-state index is 11.6. The van der Waals surface area contributed by atoms with Crippen molar-refractivity contribution in [2.75, 3.05) is 37.1 Å². The molecular weight excluding hydrogens is 530 g/mol. The zero-order valence-electron chi connectivity index (χ0n) is 18.0. The quantitative estimate of drug-likeness (QED) is 0.436. The number of rotatable bonds is 4. The summed E-state index contributed by atoms with van der Waals surface area (Å²) in [5.41, 5.74) is 1.36. The van der Waals surface area contributed by atoms with Gasteiger partial charge in [-0.05, 0) is 49.9 Å². The number of anilines is 2. The molecule has 2 heterocycles. The minimum absolute atomic E-state index is 0. The molecule has 0 atom stereocenters. The summed E-state index contributed by atoms with van der Waals surface area (Å²) in [6.07, 6.45) is 4.91. The summed E-state index contributed by atoms with van der Waals surface area (Å²) in [6, 6.07) is 18.1. The summed E-state index contributed by atoms with van der Waals surface area (Å²) < 4.78 is 9.89. The molecule has 2 amide bonds. The molecule has 32 heavy (non-hydrogen) atoms. The van der Waals surface area contributed by atoms with Crippen molar-refractivity contribution in [2.45, 2.75) is 32.1 Å². The molecule has 0 spiro atoms. The molecular formula is C23H30Cl2N2O4Zr. The second-order valence-electron chi connectivity index (χ2n) is 6.64. The fourth-order valence-corrected chi connectivity index (χ4v) is 2.62. The summed E-state index contributed by atoms with van der Waals surface area (Å²) in [4.78, 5) is 23.3. The molecule has 2 aliphatic rings. The van der Waals surface area contributed by atoms with E-state index in [0.29, 0.717) is 11.4 Å². The number of para-hydroxylation sites is 2. The van der Waals surface area contributed by atoms with Gasteiger partial charge in [0, 0.05) is 37.8 Å². The molecule has 2 fully saturated rings. The molecule has 2 aromatic carbocycles. The molecule has 2 saturated heterocycles. The van der Waals surface area contributed by atoms with E-state index in [1.54, 1.807) is 24.3 Å². The summed E-state index contributed by atoms with van der Waals surface area (Å²) >= 11 is 0. The predicted octanol–water partition coefficient (Wildman–Crippen LogP) is -1.75. The first-order valence-electron chi connectivity index (χ1n) is 10.1. The Kier molecular flexibility index (Phi) is 22.2. The van der Waals surface area contributed by atoms with Gasteiger partial charge in [0.1, 0.15) is 6.42 Å². The Hall–Kier alpha value is -1.24. The number of benzene rings is 2. The van der Waals surface area contributed by atoms with Gasteiger partial charge >= 0.3 is 26.2 Å². The van der Waals surface area contributed by atoms with Gasteiger partial charge in [-0.1, -0.05) is 36.4 Å². The Labute approximate surface area is 222 Å². The van der Waals surface area contributed by atoms with Crippen LogP contribution in [-0.4, -0.2) is 38.2 Å². The first-order valence-corrected chi connectivity index (χ1v) is 10.1. The summed E-state index contributed by atoms with van der Waals surface area (Å²) in [5.74, 6) is -0.667. The molecule has 0 aromatic heterocycles. The van der Waals surface area contributed by atoms with Crippen LogP contribution in [0.4, 0.5) is 11.4 Å². The molecule has 4 rings (SSSR count). The smallest absolute Gasteiger partial charge is 1.00 e. The number of ether oxygens (including phenoxy) is 2. The number of carbonyl (C=O) groups excluding carboxylic acids is 2. The number of hydrogen-bond donors (Lipinski definition) is 2. The molecule has 0 radical (unpaired) electrons. The van der Waals surface area contributed by atoms with Crippen molar-refractivity contribution in [1.82, 2.24) is 0 Å². The van der Waals surface area contributed by atoms with Gasteiger partial charge in [-0.3, -0.25) is 9.59 Å². The molecule has 2 aliphatic heterocycles. The van der Waals surface area contributed by atoms with Crippen LogP contribution in [0.2, 0.25) is 0 Å². The van der Waals surface area contributed by atoms with Crippen molar-refractivity contribution in [1.29, 1.82) is 0 Å². The summed E-state index contributed by atoms with van der Waals surface area (Å²) in [7, 11) is 0. The number of nitrogens with one attached hydrogen (secondary N) is 2. The van der Waals surface area contributed by atoms with Gasteiger partial charge in [-0.25, -0.2) is 0 Å². The van der Waals surface area contributed by atoms with E-state index in [1.165, 1.54) is 25.7 Å². The zero-order valence-corrected chi connectivity index (χ0v) is 22.0. The third-order valence-electron chi connectivity index (χ3n) is 4.09. The second-order valence-corrected chi connectivity index (χ2v) is 6.64. The third kappa shape index (κ3) is 16.4. The van der Waals surface area contributed by atoms with Gasteiger partial charge in [0.05, 0.1) is 0 Å². The maximum absolute atomic E-state index is 11.6. The average Bonchev–Trinajstić information content (AvgIpc) is 3.48. The normalized spacial score (nSPS) is 13.2. The van der Waals surface area contributed by atoms with Crippen molar-refractivity contribution in [3.05, 3.63) is 60.7 Å². The Bertz CT molecular complexity index is 640. The first kappa shape index (κ1) is 32.9. The van der Waals surface area contributed by atoms with Crippen LogP contribution in [0, 0.1) is 0 Å². The molecule has 0 bridgehead atoms. The van der Waals surface area contributed by atoms with Crippen molar-refractivity contribution in [3.8, 4) is 0 Å². The van der Waals surface area contributed by atoms with Crippen molar-refractivity contribution in [2.24, 2.45) is 0 Å². The van der Waals surface area contributed by atoms with Crippen LogP contribution >= 0.6 is 0 Å². The largest absolute Gasteiger partial charge is 2.00 e.